The van der Waals surface area contributed by atoms with E-state index in [1.807, 2.05) is 0 Å². The summed E-state index contributed by atoms with van der Waals surface area (Å²) in [6, 6.07) is 10.5. The third-order valence-corrected chi connectivity index (χ3v) is 4.20. The van der Waals surface area contributed by atoms with E-state index in [0.717, 1.165) is 11.3 Å². The molecule has 0 aliphatic heterocycles. The molecule has 0 spiro atoms. The summed E-state index contributed by atoms with van der Waals surface area (Å²) in [6.07, 6.45) is 0. The van der Waals surface area contributed by atoms with Crippen molar-refractivity contribution in [2.75, 3.05) is 17.1 Å². The average molecular weight is 294 g/mol. The molecule has 2 aromatic carbocycles. The molecule has 0 heterocycles. The largest absolute Gasteiger partial charge is 0.388 e. The lowest BCUT2D eigenvalue weighted by Crippen LogP contribution is -2.14. The van der Waals surface area contributed by atoms with Crippen LogP contribution in [0.3, 0.4) is 0 Å². The van der Waals surface area contributed by atoms with E-state index in [1.54, 1.807) is 32.2 Å². The molecule has 0 radical (unpaired) electrons. The molecule has 0 aliphatic carbocycles. The normalized spacial score (nSPS) is 11.2. The van der Waals surface area contributed by atoms with E-state index in [1.165, 1.54) is 24.3 Å². The fourth-order valence-corrected chi connectivity index (χ4v) is 2.77. The second-order valence-corrected chi connectivity index (χ2v) is 6.05. The standard InChI is InChI=1S/C14H15FN2O2S/c1-10-3-8-14(13(15)9-10)17-20(18,19)12-6-4-11(16-2)5-7-12/h3-9,16-17H,1-2H3. The van der Waals surface area contributed by atoms with Gasteiger partial charge in [0.2, 0.25) is 0 Å². The number of hydrogen-bond donors (Lipinski definition) is 2. The van der Waals surface area contributed by atoms with Crippen LogP contribution in [0.4, 0.5) is 15.8 Å². The third kappa shape index (κ3) is 3.08. The van der Waals surface area contributed by atoms with Gasteiger partial charge in [0, 0.05) is 12.7 Å². The average Bonchev–Trinajstić information content (AvgIpc) is 2.42. The van der Waals surface area contributed by atoms with E-state index in [2.05, 4.69) is 10.0 Å². The van der Waals surface area contributed by atoms with Crippen LogP contribution < -0.4 is 10.0 Å². The number of anilines is 2. The van der Waals surface area contributed by atoms with Gasteiger partial charge in [-0.15, -0.1) is 0 Å². The first kappa shape index (κ1) is 14.3. The summed E-state index contributed by atoms with van der Waals surface area (Å²) in [6.45, 7) is 1.73. The topological polar surface area (TPSA) is 58.2 Å². The lowest BCUT2D eigenvalue weighted by Gasteiger charge is -2.10. The SMILES string of the molecule is CNc1ccc(S(=O)(=O)Nc2ccc(C)cc2F)cc1. The van der Waals surface area contributed by atoms with Crippen molar-refractivity contribution >= 4 is 21.4 Å². The van der Waals surface area contributed by atoms with Crippen molar-refractivity contribution < 1.29 is 12.8 Å². The van der Waals surface area contributed by atoms with Crippen LogP contribution >= 0.6 is 0 Å². The van der Waals surface area contributed by atoms with E-state index in [4.69, 9.17) is 0 Å². The van der Waals surface area contributed by atoms with E-state index in [-0.39, 0.29) is 10.6 Å². The highest BCUT2D eigenvalue weighted by Crippen LogP contribution is 2.21. The van der Waals surface area contributed by atoms with Crippen molar-refractivity contribution in [3.63, 3.8) is 0 Å². The molecule has 2 rings (SSSR count). The molecule has 2 N–H and O–H groups in total. The van der Waals surface area contributed by atoms with Gasteiger partial charge in [-0.25, -0.2) is 12.8 Å². The molecule has 0 saturated carbocycles. The third-order valence-electron chi connectivity index (χ3n) is 2.82. The van der Waals surface area contributed by atoms with Crippen molar-refractivity contribution in [1.29, 1.82) is 0 Å². The zero-order chi connectivity index (χ0) is 14.8. The zero-order valence-corrected chi connectivity index (χ0v) is 12.0. The Kier molecular flexibility index (Phi) is 3.94. The minimum atomic E-state index is -3.79. The second kappa shape index (κ2) is 5.50. The summed E-state index contributed by atoms with van der Waals surface area (Å²) >= 11 is 0. The molecule has 2 aromatic rings. The number of halogens is 1. The van der Waals surface area contributed by atoms with Crippen LogP contribution in [0.2, 0.25) is 0 Å². The van der Waals surface area contributed by atoms with Crippen LogP contribution in [-0.4, -0.2) is 15.5 Å². The van der Waals surface area contributed by atoms with Gasteiger partial charge in [0.25, 0.3) is 10.0 Å². The minimum Gasteiger partial charge on any atom is -0.388 e. The Morgan fingerprint density at radius 2 is 1.70 bits per heavy atom. The molecule has 0 saturated heterocycles. The summed E-state index contributed by atoms with van der Waals surface area (Å²) in [7, 11) is -2.05. The molecule has 4 nitrogen and oxygen atoms in total. The van der Waals surface area contributed by atoms with Crippen LogP contribution in [0.5, 0.6) is 0 Å². The van der Waals surface area contributed by atoms with Gasteiger partial charge >= 0.3 is 0 Å². The number of aryl methyl sites for hydroxylation is 1. The Bertz CT molecular complexity index is 712. The number of sulfonamides is 1. The maximum atomic E-state index is 13.7. The number of rotatable bonds is 4. The number of benzene rings is 2. The summed E-state index contributed by atoms with van der Waals surface area (Å²) in [5.41, 5.74) is 1.46. The van der Waals surface area contributed by atoms with E-state index < -0.39 is 15.8 Å². The summed E-state index contributed by atoms with van der Waals surface area (Å²) < 4.78 is 40.2. The van der Waals surface area contributed by atoms with Gasteiger partial charge in [-0.2, -0.15) is 0 Å². The van der Waals surface area contributed by atoms with Crippen LogP contribution in [0, 0.1) is 12.7 Å². The molecule has 0 aliphatic rings. The first-order valence-corrected chi connectivity index (χ1v) is 7.47. The predicted octanol–water partition coefficient (Wildman–Crippen LogP) is 2.98. The lowest BCUT2D eigenvalue weighted by molar-refractivity contribution is 0.598. The Morgan fingerprint density at radius 3 is 2.25 bits per heavy atom. The lowest BCUT2D eigenvalue weighted by atomic mass is 10.2. The Balaban J connectivity index is 2.30. The summed E-state index contributed by atoms with van der Waals surface area (Å²) in [5.74, 6) is -0.597. The van der Waals surface area contributed by atoms with Crippen LogP contribution in [0.25, 0.3) is 0 Å². The molecule has 106 valence electrons. The first-order valence-electron chi connectivity index (χ1n) is 5.99. The maximum Gasteiger partial charge on any atom is 0.261 e. The Hall–Kier alpha value is -2.08. The molecular formula is C14H15FN2O2S. The highest BCUT2D eigenvalue weighted by molar-refractivity contribution is 7.92. The van der Waals surface area contributed by atoms with Gasteiger partial charge in [-0.05, 0) is 48.9 Å². The van der Waals surface area contributed by atoms with Crippen molar-refractivity contribution in [3.8, 4) is 0 Å². The predicted molar refractivity (Wildman–Crippen MR) is 77.9 cm³/mol. The van der Waals surface area contributed by atoms with Crippen LogP contribution in [-0.2, 0) is 10.0 Å². The molecule has 0 bridgehead atoms. The van der Waals surface area contributed by atoms with Gasteiger partial charge in [0.15, 0.2) is 0 Å². The summed E-state index contributed by atoms with van der Waals surface area (Å²) in [5, 5.41) is 2.90. The fraction of sp³-hybridized carbons (Fsp3) is 0.143. The quantitative estimate of drug-likeness (QED) is 0.911. The van der Waals surface area contributed by atoms with Gasteiger partial charge in [0.1, 0.15) is 5.82 Å². The second-order valence-electron chi connectivity index (χ2n) is 4.36. The van der Waals surface area contributed by atoms with E-state index >= 15 is 0 Å². The smallest absolute Gasteiger partial charge is 0.261 e. The Labute approximate surface area is 117 Å². The highest BCUT2D eigenvalue weighted by atomic mass is 32.2. The molecule has 0 unspecified atom stereocenters. The number of hydrogen-bond acceptors (Lipinski definition) is 3. The summed E-state index contributed by atoms with van der Waals surface area (Å²) in [4.78, 5) is 0.0801. The molecular weight excluding hydrogens is 279 g/mol. The van der Waals surface area contributed by atoms with Crippen LogP contribution in [0.15, 0.2) is 47.4 Å². The van der Waals surface area contributed by atoms with Crippen molar-refractivity contribution in [3.05, 3.63) is 53.8 Å². The highest BCUT2D eigenvalue weighted by Gasteiger charge is 2.16. The molecule has 20 heavy (non-hydrogen) atoms. The molecule has 0 fully saturated rings. The minimum absolute atomic E-state index is 0.0618. The number of nitrogens with one attached hydrogen (secondary N) is 2. The van der Waals surface area contributed by atoms with Crippen molar-refractivity contribution in [2.45, 2.75) is 11.8 Å². The maximum absolute atomic E-state index is 13.7. The van der Waals surface area contributed by atoms with Crippen molar-refractivity contribution in [1.82, 2.24) is 0 Å². The Morgan fingerprint density at radius 1 is 1.05 bits per heavy atom. The molecule has 0 atom stereocenters. The molecule has 0 amide bonds. The van der Waals surface area contributed by atoms with Crippen molar-refractivity contribution in [2.24, 2.45) is 0 Å². The molecule has 6 heteroatoms. The fourth-order valence-electron chi connectivity index (χ4n) is 1.71. The van der Waals surface area contributed by atoms with E-state index in [0.29, 0.717) is 0 Å². The first-order chi connectivity index (χ1) is 9.42. The monoisotopic (exact) mass is 294 g/mol. The van der Waals surface area contributed by atoms with Gasteiger partial charge in [-0.1, -0.05) is 6.07 Å². The van der Waals surface area contributed by atoms with Gasteiger partial charge in [-0.3, -0.25) is 4.72 Å². The van der Waals surface area contributed by atoms with Gasteiger partial charge < -0.3 is 5.32 Å². The van der Waals surface area contributed by atoms with E-state index in [9.17, 15) is 12.8 Å². The van der Waals surface area contributed by atoms with Crippen LogP contribution in [0.1, 0.15) is 5.56 Å². The molecule has 0 aromatic heterocycles. The van der Waals surface area contributed by atoms with Gasteiger partial charge in [0.05, 0.1) is 10.6 Å². The zero-order valence-electron chi connectivity index (χ0n) is 11.1.